The van der Waals surface area contributed by atoms with E-state index in [0.717, 1.165) is 31.5 Å². The molecule has 104 valence electrons. The average Bonchev–Trinajstić information content (AvgIpc) is 2.79. The maximum absolute atomic E-state index is 5.87. The molecule has 1 fully saturated rings. The zero-order valence-electron chi connectivity index (χ0n) is 11.5. The zero-order valence-corrected chi connectivity index (χ0v) is 11.5. The summed E-state index contributed by atoms with van der Waals surface area (Å²) < 4.78 is 11.7. The van der Waals surface area contributed by atoms with Crippen LogP contribution in [0.4, 0.5) is 0 Å². The van der Waals surface area contributed by atoms with Gasteiger partial charge in [0.25, 0.3) is 0 Å². The molecule has 1 saturated heterocycles. The monoisotopic (exact) mass is 257 g/mol. The first-order valence-electron chi connectivity index (χ1n) is 6.75. The van der Waals surface area contributed by atoms with E-state index in [4.69, 9.17) is 19.2 Å². The minimum atomic E-state index is -0.464. The summed E-state index contributed by atoms with van der Waals surface area (Å²) in [6.07, 6.45) is 3.15. The third kappa shape index (κ3) is 3.51. The molecular formula is C13H23NO4. The Labute approximate surface area is 108 Å². The standard InChI is InChI=1S/C13H23NO4/c1-4-15-16-8-6-5-7-10-12-11(9-14-10)17-13(2,3)18-12/h11-12H,4-9H2,1-3H3. The molecule has 0 N–H and O–H groups in total. The Hall–Kier alpha value is -0.490. The lowest BCUT2D eigenvalue weighted by atomic mass is 10.1. The predicted octanol–water partition coefficient (Wildman–Crippen LogP) is 2.10. The normalized spacial score (nSPS) is 29.4. The molecule has 0 aliphatic carbocycles. The van der Waals surface area contributed by atoms with Crippen LogP contribution in [0.25, 0.3) is 0 Å². The Morgan fingerprint density at radius 1 is 1.28 bits per heavy atom. The molecule has 0 saturated carbocycles. The van der Waals surface area contributed by atoms with Gasteiger partial charge < -0.3 is 9.47 Å². The van der Waals surface area contributed by atoms with Gasteiger partial charge in [-0.05, 0) is 40.0 Å². The van der Waals surface area contributed by atoms with Gasteiger partial charge in [-0.15, -0.1) is 0 Å². The minimum absolute atomic E-state index is 0.0628. The van der Waals surface area contributed by atoms with Crippen molar-refractivity contribution in [3.63, 3.8) is 0 Å². The van der Waals surface area contributed by atoms with Crippen LogP contribution in [0, 0.1) is 0 Å². The van der Waals surface area contributed by atoms with Gasteiger partial charge in [0, 0.05) is 5.71 Å². The largest absolute Gasteiger partial charge is 0.342 e. The van der Waals surface area contributed by atoms with Gasteiger partial charge in [-0.25, -0.2) is 9.78 Å². The highest BCUT2D eigenvalue weighted by Crippen LogP contribution is 2.33. The van der Waals surface area contributed by atoms with Crippen molar-refractivity contribution in [1.82, 2.24) is 0 Å². The van der Waals surface area contributed by atoms with E-state index in [9.17, 15) is 0 Å². The van der Waals surface area contributed by atoms with E-state index in [1.54, 1.807) is 0 Å². The maximum atomic E-state index is 5.87. The van der Waals surface area contributed by atoms with Gasteiger partial charge in [0.1, 0.15) is 12.2 Å². The molecular weight excluding hydrogens is 234 g/mol. The molecule has 2 aliphatic rings. The Morgan fingerprint density at radius 3 is 2.89 bits per heavy atom. The van der Waals surface area contributed by atoms with Gasteiger partial charge in [-0.3, -0.25) is 4.99 Å². The number of rotatable bonds is 7. The first-order chi connectivity index (χ1) is 8.62. The number of ether oxygens (including phenoxy) is 2. The van der Waals surface area contributed by atoms with Crippen molar-refractivity contribution < 1.29 is 19.2 Å². The van der Waals surface area contributed by atoms with Crippen molar-refractivity contribution in [2.45, 2.75) is 58.0 Å². The van der Waals surface area contributed by atoms with Crippen molar-refractivity contribution in [3.05, 3.63) is 0 Å². The van der Waals surface area contributed by atoms with E-state index in [0.29, 0.717) is 13.2 Å². The Balaban J connectivity index is 1.65. The Kier molecular flexibility index (Phi) is 4.72. The number of nitrogens with zero attached hydrogens (tertiary/aromatic N) is 1. The summed E-state index contributed by atoms with van der Waals surface area (Å²) in [5.41, 5.74) is 1.14. The van der Waals surface area contributed by atoms with Crippen LogP contribution in [0.15, 0.2) is 4.99 Å². The van der Waals surface area contributed by atoms with Crippen molar-refractivity contribution in [3.8, 4) is 0 Å². The molecule has 0 spiro atoms. The number of fused-ring (bicyclic) bond motifs is 1. The van der Waals surface area contributed by atoms with Crippen LogP contribution < -0.4 is 0 Å². The molecule has 5 nitrogen and oxygen atoms in total. The summed E-state index contributed by atoms with van der Waals surface area (Å²) in [7, 11) is 0. The summed E-state index contributed by atoms with van der Waals surface area (Å²) in [6, 6.07) is 0. The second kappa shape index (κ2) is 6.10. The highest BCUT2D eigenvalue weighted by atomic mass is 17.2. The number of hydrogen-bond acceptors (Lipinski definition) is 5. The van der Waals surface area contributed by atoms with Crippen LogP contribution in [-0.4, -0.2) is 43.5 Å². The molecule has 0 amide bonds. The van der Waals surface area contributed by atoms with E-state index in [1.807, 2.05) is 20.8 Å². The summed E-state index contributed by atoms with van der Waals surface area (Å²) in [5, 5.41) is 0. The zero-order chi connectivity index (χ0) is 13.0. The van der Waals surface area contributed by atoms with Crippen LogP contribution in [-0.2, 0) is 19.2 Å². The van der Waals surface area contributed by atoms with Crippen LogP contribution in [0.2, 0.25) is 0 Å². The van der Waals surface area contributed by atoms with Gasteiger partial charge in [-0.1, -0.05) is 0 Å². The quantitative estimate of drug-likeness (QED) is 0.398. The molecule has 2 unspecified atom stereocenters. The fourth-order valence-electron chi connectivity index (χ4n) is 2.38. The molecule has 0 aromatic rings. The lowest BCUT2D eigenvalue weighted by molar-refractivity contribution is -0.291. The Bertz CT molecular complexity index is 303. The average molecular weight is 257 g/mol. The van der Waals surface area contributed by atoms with E-state index < -0.39 is 5.79 Å². The lowest BCUT2D eigenvalue weighted by Crippen LogP contribution is -2.27. The first kappa shape index (κ1) is 13.9. The molecule has 0 radical (unpaired) electrons. The molecule has 0 aromatic carbocycles. The van der Waals surface area contributed by atoms with Gasteiger partial charge in [0.05, 0.1) is 19.8 Å². The van der Waals surface area contributed by atoms with Gasteiger partial charge in [0.15, 0.2) is 5.79 Å². The molecule has 2 rings (SSSR count). The molecule has 18 heavy (non-hydrogen) atoms. The molecule has 2 atom stereocenters. The topological polar surface area (TPSA) is 49.3 Å². The molecule has 0 bridgehead atoms. The third-order valence-electron chi connectivity index (χ3n) is 3.10. The summed E-state index contributed by atoms with van der Waals surface area (Å²) >= 11 is 0. The number of unbranched alkanes of at least 4 members (excludes halogenated alkanes) is 1. The predicted molar refractivity (Wildman–Crippen MR) is 67.6 cm³/mol. The first-order valence-corrected chi connectivity index (χ1v) is 6.75. The number of aliphatic imine (C=N–C) groups is 1. The lowest BCUT2D eigenvalue weighted by Gasteiger charge is -2.18. The molecule has 2 aliphatic heterocycles. The maximum Gasteiger partial charge on any atom is 0.164 e. The van der Waals surface area contributed by atoms with Crippen LogP contribution >= 0.6 is 0 Å². The summed E-state index contributed by atoms with van der Waals surface area (Å²) in [5.74, 6) is -0.464. The highest BCUT2D eigenvalue weighted by molar-refractivity contribution is 5.91. The van der Waals surface area contributed by atoms with Crippen molar-refractivity contribution >= 4 is 5.71 Å². The SMILES string of the molecule is CCOOCCCCC1=NCC2OC(C)(C)OC12. The smallest absolute Gasteiger partial charge is 0.164 e. The number of hydrogen-bond donors (Lipinski definition) is 0. The van der Waals surface area contributed by atoms with Crippen molar-refractivity contribution in [2.75, 3.05) is 19.8 Å². The van der Waals surface area contributed by atoms with Gasteiger partial charge >= 0.3 is 0 Å². The van der Waals surface area contributed by atoms with E-state index in [2.05, 4.69) is 4.99 Å². The summed E-state index contributed by atoms with van der Waals surface area (Å²) in [4.78, 5) is 14.3. The fraction of sp³-hybridized carbons (Fsp3) is 0.923. The van der Waals surface area contributed by atoms with Crippen LogP contribution in [0.3, 0.4) is 0 Å². The molecule has 0 aromatic heterocycles. The fourth-order valence-corrected chi connectivity index (χ4v) is 2.38. The van der Waals surface area contributed by atoms with Gasteiger partial charge in [-0.2, -0.15) is 0 Å². The van der Waals surface area contributed by atoms with Gasteiger partial charge in [0.2, 0.25) is 0 Å². The highest BCUT2D eigenvalue weighted by Gasteiger charge is 2.46. The van der Waals surface area contributed by atoms with E-state index >= 15 is 0 Å². The van der Waals surface area contributed by atoms with E-state index in [-0.39, 0.29) is 12.2 Å². The third-order valence-corrected chi connectivity index (χ3v) is 3.10. The molecule has 2 heterocycles. The van der Waals surface area contributed by atoms with Crippen LogP contribution in [0.5, 0.6) is 0 Å². The van der Waals surface area contributed by atoms with Crippen molar-refractivity contribution in [2.24, 2.45) is 4.99 Å². The second-order valence-electron chi connectivity index (χ2n) is 5.11. The molecule has 5 heteroatoms. The minimum Gasteiger partial charge on any atom is -0.342 e. The summed E-state index contributed by atoms with van der Waals surface area (Å²) in [6.45, 7) is 7.79. The van der Waals surface area contributed by atoms with Crippen LogP contribution in [0.1, 0.15) is 40.0 Å². The van der Waals surface area contributed by atoms with E-state index in [1.165, 1.54) is 0 Å². The second-order valence-corrected chi connectivity index (χ2v) is 5.11. The Morgan fingerprint density at radius 2 is 2.11 bits per heavy atom. The van der Waals surface area contributed by atoms with Crippen molar-refractivity contribution in [1.29, 1.82) is 0 Å².